The lowest BCUT2D eigenvalue weighted by Crippen LogP contribution is -2.43. The molecule has 1 aromatic carbocycles. The average Bonchev–Trinajstić information content (AvgIpc) is 3.00. The van der Waals surface area contributed by atoms with Crippen LogP contribution in [0.25, 0.3) is 0 Å². The maximum absolute atomic E-state index is 12.9. The first-order chi connectivity index (χ1) is 10.7. The molecule has 1 unspecified atom stereocenters. The molecule has 4 nitrogen and oxygen atoms in total. The molecule has 0 saturated heterocycles. The lowest BCUT2D eigenvalue weighted by atomic mass is 10.2. The highest BCUT2D eigenvalue weighted by atomic mass is 127. The van der Waals surface area contributed by atoms with Crippen molar-refractivity contribution in [1.82, 2.24) is 10.6 Å². The summed E-state index contributed by atoms with van der Waals surface area (Å²) in [7, 11) is 0. The molecule has 23 heavy (non-hydrogen) atoms. The van der Waals surface area contributed by atoms with Gasteiger partial charge in [-0.05, 0) is 51.0 Å². The second-order valence-corrected chi connectivity index (χ2v) is 5.39. The number of nitrogens with one attached hydrogen (secondary N) is 2. The van der Waals surface area contributed by atoms with E-state index >= 15 is 0 Å². The molecular weight excluding hydrogens is 408 g/mol. The number of ether oxygens (including phenoxy) is 1. The first kappa shape index (κ1) is 19.7. The standard InChI is InChI=1S/C17H24FN3O.HI/c1-3-19-17(21-15-6-4-5-7-15)20-12-13(2)22-16-10-8-14(18)9-11-16;/h4-5,8-11,13,15H,3,6-7,12H2,1-2H3,(H2,19,20,21);1H. The van der Waals surface area contributed by atoms with Gasteiger partial charge in [-0.3, -0.25) is 0 Å². The number of benzene rings is 1. The Balaban J connectivity index is 0.00000264. The maximum Gasteiger partial charge on any atom is 0.191 e. The van der Waals surface area contributed by atoms with Crippen molar-refractivity contribution >= 4 is 29.9 Å². The Bertz CT molecular complexity index is 511. The maximum atomic E-state index is 12.9. The van der Waals surface area contributed by atoms with E-state index in [1.54, 1.807) is 12.1 Å². The smallest absolute Gasteiger partial charge is 0.191 e. The van der Waals surface area contributed by atoms with Crippen molar-refractivity contribution < 1.29 is 9.13 Å². The van der Waals surface area contributed by atoms with E-state index in [0.717, 1.165) is 25.3 Å². The van der Waals surface area contributed by atoms with Crippen molar-refractivity contribution in [1.29, 1.82) is 0 Å². The fourth-order valence-corrected chi connectivity index (χ4v) is 2.25. The molecule has 0 bridgehead atoms. The van der Waals surface area contributed by atoms with Gasteiger partial charge in [-0.25, -0.2) is 9.38 Å². The zero-order chi connectivity index (χ0) is 15.8. The van der Waals surface area contributed by atoms with Crippen molar-refractivity contribution in [3.05, 3.63) is 42.2 Å². The van der Waals surface area contributed by atoms with Crippen molar-refractivity contribution in [3.63, 3.8) is 0 Å². The minimum Gasteiger partial charge on any atom is -0.489 e. The minimum absolute atomic E-state index is 0. The second kappa shape index (κ2) is 10.5. The van der Waals surface area contributed by atoms with Crippen LogP contribution in [-0.4, -0.2) is 31.2 Å². The van der Waals surface area contributed by atoms with Crippen LogP contribution >= 0.6 is 24.0 Å². The van der Waals surface area contributed by atoms with Crippen molar-refractivity contribution in [3.8, 4) is 5.75 Å². The Kier molecular flexibility index (Phi) is 8.98. The second-order valence-electron chi connectivity index (χ2n) is 5.39. The highest BCUT2D eigenvalue weighted by Crippen LogP contribution is 2.13. The molecular formula is C17H25FIN3O. The first-order valence-corrected chi connectivity index (χ1v) is 7.79. The molecule has 0 spiro atoms. The third kappa shape index (κ3) is 7.20. The van der Waals surface area contributed by atoms with Gasteiger partial charge in [0, 0.05) is 12.6 Å². The highest BCUT2D eigenvalue weighted by molar-refractivity contribution is 14.0. The van der Waals surface area contributed by atoms with E-state index < -0.39 is 0 Å². The molecule has 0 heterocycles. The summed E-state index contributed by atoms with van der Waals surface area (Å²) in [6.45, 7) is 5.35. The molecule has 2 rings (SSSR count). The van der Waals surface area contributed by atoms with Gasteiger partial charge >= 0.3 is 0 Å². The molecule has 0 amide bonds. The van der Waals surface area contributed by atoms with Gasteiger partial charge in [0.15, 0.2) is 5.96 Å². The summed E-state index contributed by atoms with van der Waals surface area (Å²) in [5.74, 6) is 1.20. The quantitative estimate of drug-likeness (QED) is 0.313. The number of aliphatic imine (C=N–C) groups is 1. The largest absolute Gasteiger partial charge is 0.489 e. The fourth-order valence-electron chi connectivity index (χ4n) is 2.25. The van der Waals surface area contributed by atoms with Crippen LogP contribution in [0.4, 0.5) is 4.39 Å². The molecule has 6 heteroatoms. The normalized spacial score (nSPS) is 15.9. The molecule has 2 N–H and O–H groups in total. The predicted octanol–water partition coefficient (Wildman–Crippen LogP) is 3.48. The van der Waals surface area contributed by atoms with Crippen molar-refractivity contribution in [2.45, 2.75) is 38.8 Å². The van der Waals surface area contributed by atoms with Crippen LogP contribution in [0.3, 0.4) is 0 Å². The van der Waals surface area contributed by atoms with Crippen LogP contribution in [-0.2, 0) is 0 Å². The molecule has 1 aliphatic carbocycles. The van der Waals surface area contributed by atoms with Gasteiger partial charge in [-0.15, -0.1) is 24.0 Å². The van der Waals surface area contributed by atoms with Crippen molar-refractivity contribution in [2.24, 2.45) is 4.99 Å². The number of rotatable bonds is 6. The SMILES string of the molecule is CCNC(=NCC(C)Oc1ccc(F)cc1)NC1CC=CC1.I. The van der Waals surface area contributed by atoms with Gasteiger partial charge in [0.05, 0.1) is 6.54 Å². The lowest BCUT2D eigenvalue weighted by molar-refractivity contribution is 0.230. The van der Waals surface area contributed by atoms with Crippen LogP contribution < -0.4 is 15.4 Å². The molecule has 0 fully saturated rings. The van der Waals surface area contributed by atoms with Gasteiger partial charge in [-0.1, -0.05) is 12.2 Å². The topological polar surface area (TPSA) is 45.7 Å². The molecule has 1 aliphatic rings. The molecule has 128 valence electrons. The van der Waals surface area contributed by atoms with E-state index in [-0.39, 0.29) is 35.9 Å². The van der Waals surface area contributed by atoms with Crippen LogP contribution in [0.5, 0.6) is 5.75 Å². The van der Waals surface area contributed by atoms with E-state index in [1.807, 2.05) is 13.8 Å². The summed E-state index contributed by atoms with van der Waals surface area (Å²) in [6, 6.07) is 6.46. The molecule has 0 aliphatic heterocycles. The van der Waals surface area contributed by atoms with Gasteiger partial charge in [0.25, 0.3) is 0 Å². The highest BCUT2D eigenvalue weighted by Gasteiger charge is 2.12. The number of hydrogen-bond donors (Lipinski definition) is 2. The average molecular weight is 433 g/mol. The Morgan fingerprint density at radius 1 is 1.30 bits per heavy atom. The van der Waals surface area contributed by atoms with Crippen molar-refractivity contribution in [2.75, 3.05) is 13.1 Å². The Hall–Kier alpha value is -1.31. The Morgan fingerprint density at radius 2 is 1.96 bits per heavy atom. The summed E-state index contributed by atoms with van der Waals surface area (Å²) in [5, 5.41) is 6.66. The fraction of sp³-hybridized carbons (Fsp3) is 0.471. The number of halogens is 2. The molecule has 0 saturated carbocycles. The molecule has 0 radical (unpaired) electrons. The van der Waals surface area contributed by atoms with E-state index in [9.17, 15) is 4.39 Å². The zero-order valence-corrected chi connectivity index (χ0v) is 15.9. The van der Waals surface area contributed by atoms with E-state index in [0.29, 0.717) is 18.3 Å². The Morgan fingerprint density at radius 3 is 2.57 bits per heavy atom. The molecule has 1 aromatic rings. The first-order valence-electron chi connectivity index (χ1n) is 7.79. The van der Waals surface area contributed by atoms with E-state index in [4.69, 9.17) is 4.74 Å². The zero-order valence-electron chi connectivity index (χ0n) is 13.6. The van der Waals surface area contributed by atoms with Crippen LogP contribution in [0.1, 0.15) is 26.7 Å². The van der Waals surface area contributed by atoms with Gasteiger partial charge in [0.1, 0.15) is 17.7 Å². The van der Waals surface area contributed by atoms with Crippen LogP contribution in [0.2, 0.25) is 0 Å². The lowest BCUT2D eigenvalue weighted by Gasteiger charge is -2.18. The monoisotopic (exact) mass is 433 g/mol. The molecule has 1 atom stereocenters. The van der Waals surface area contributed by atoms with Gasteiger partial charge in [0.2, 0.25) is 0 Å². The van der Waals surface area contributed by atoms with E-state index in [2.05, 4.69) is 27.8 Å². The van der Waals surface area contributed by atoms with Gasteiger partial charge < -0.3 is 15.4 Å². The summed E-state index contributed by atoms with van der Waals surface area (Å²) in [5.41, 5.74) is 0. The summed E-state index contributed by atoms with van der Waals surface area (Å²) >= 11 is 0. The minimum atomic E-state index is -0.262. The summed E-state index contributed by atoms with van der Waals surface area (Å²) in [4.78, 5) is 4.56. The molecule has 0 aromatic heterocycles. The third-order valence-corrected chi connectivity index (χ3v) is 3.35. The number of hydrogen-bond acceptors (Lipinski definition) is 2. The van der Waals surface area contributed by atoms with Crippen LogP contribution in [0.15, 0.2) is 41.4 Å². The predicted molar refractivity (Wildman–Crippen MR) is 103 cm³/mol. The van der Waals surface area contributed by atoms with E-state index in [1.165, 1.54) is 12.1 Å². The summed E-state index contributed by atoms with van der Waals surface area (Å²) < 4.78 is 18.6. The number of guanidine groups is 1. The third-order valence-electron chi connectivity index (χ3n) is 3.35. The Labute approximate surface area is 154 Å². The summed E-state index contributed by atoms with van der Waals surface area (Å²) in [6.07, 6.45) is 6.35. The van der Waals surface area contributed by atoms with Crippen LogP contribution in [0, 0.1) is 5.82 Å². The number of nitrogens with zero attached hydrogens (tertiary/aromatic N) is 1. The van der Waals surface area contributed by atoms with Gasteiger partial charge in [-0.2, -0.15) is 0 Å².